The van der Waals surface area contributed by atoms with Gasteiger partial charge in [-0.1, -0.05) is 29.8 Å². The third-order valence-corrected chi connectivity index (χ3v) is 5.44. The highest BCUT2D eigenvalue weighted by atomic mass is 16.5. The van der Waals surface area contributed by atoms with Crippen molar-refractivity contribution in [3.05, 3.63) is 41.2 Å². The van der Waals surface area contributed by atoms with Crippen LogP contribution in [0, 0.1) is 19.8 Å². The molecule has 1 fully saturated rings. The van der Waals surface area contributed by atoms with Crippen LogP contribution >= 0.6 is 0 Å². The Kier molecular flexibility index (Phi) is 5.30. The second-order valence-electron chi connectivity index (χ2n) is 7.48. The normalized spacial score (nSPS) is 22.3. The van der Waals surface area contributed by atoms with Crippen molar-refractivity contribution in [1.82, 2.24) is 20.3 Å². The highest BCUT2D eigenvalue weighted by molar-refractivity contribution is 5.97. The van der Waals surface area contributed by atoms with Gasteiger partial charge in [-0.3, -0.25) is 4.79 Å². The molecule has 0 atom stereocenters. The van der Waals surface area contributed by atoms with Crippen molar-refractivity contribution in [1.29, 1.82) is 0 Å². The van der Waals surface area contributed by atoms with Crippen LogP contribution in [0.15, 0.2) is 24.3 Å². The van der Waals surface area contributed by atoms with Crippen LogP contribution in [0.3, 0.4) is 0 Å². The fourth-order valence-electron chi connectivity index (χ4n) is 3.58. The number of carbonyl (C=O) groups is 2. The maximum atomic E-state index is 12.9. The largest absolute Gasteiger partial charge is 0.467 e. The number of aryl methyl sites for hydroxylation is 1. The van der Waals surface area contributed by atoms with E-state index in [1.807, 2.05) is 31.2 Å². The third-order valence-electron chi connectivity index (χ3n) is 5.44. The van der Waals surface area contributed by atoms with Crippen LogP contribution in [0.2, 0.25) is 0 Å². The number of carbonyl (C=O) groups excluding carboxylic acids is 2. The Morgan fingerprint density at radius 2 is 1.81 bits per heavy atom. The summed E-state index contributed by atoms with van der Waals surface area (Å²) in [6.07, 6.45) is 2.87. The molecule has 0 spiro atoms. The minimum Gasteiger partial charge on any atom is -0.467 e. The first-order chi connectivity index (χ1) is 12.9. The van der Waals surface area contributed by atoms with E-state index in [1.165, 1.54) is 7.11 Å². The first kappa shape index (κ1) is 19.1. The van der Waals surface area contributed by atoms with Gasteiger partial charge in [-0.25, -0.2) is 9.48 Å². The van der Waals surface area contributed by atoms with Crippen LogP contribution in [0.1, 0.15) is 54.4 Å². The molecule has 0 radical (unpaired) electrons. The molecule has 0 saturated heterocycles. The summed E-state index contributed by atoms with van der Waals surface area (Å²) in [5, 5.41) is 11.1. The average molecular weight is 370 g/mol. The SMILES string of the molecule is COC(=O)C1(NC(=O)c2nnn(-c3ccc(C)cc3)c2C)CCC(C)CC1. The number of nitrogens with one attached hydrogen (secondary N) is 1. The van der Waals surface area contributed by atoms with Crippen LogP contribution in [-0.4, -0.2) is 39.5 Å². The van der Waals surface area contributed by atoms with Crippen molar-refractivity contribution >= 4 is 11.9 Å². The number of methoxy groups -OCH3 is 1. The topological polar surface area (TPSA) is 86.1 Å². The number of ether oxygens (including phenoxy) is 1. The van der Waals surface area contributed by atoms with Gasteiger partial charge < -0.3 is 10.1 Å². The Bertz CT molecular complexity index is 833. The summed E-state index contributed by atoms with van der Waals surface area (Å²) < 4.78 is 6.61. The van der Waals surface area contributed by atoms with Crippen LogP contribution in [0.4, 0.5) is 0 Å². The number of esters is 1. The van der Waals surface area contributed by atoms with Crippen molar-refractivity contribution < 1.29 is 14.3 Å². The fourth-order valence-corrected chi connectivity index (χ4v) is 3.58. The number of amides is 1. The summed E-state index contributed by atoms with van der Waals surface area (Å²) in [6.45, 7) is 5.96. The van der Waals surface area contributed by atoms with E-state index in [2.05, 4.69) is 22.6 Å². The van der Waals surface area contributed by atoms with Gasteiger partial charge in [-0.2, -0.15) is 0 Å². The predicted molar refractivity (Wildman–Crippen MR) is 101 cm³/mol. The molecule has 2 aromatic rings. The zero-order valence-corrected chi connectivity index (χ0v) is 16.3. The first-order valence-electron chi connectivity index (χ1n) is 9.26. The van der Waals surface area contributed by atoms with Gasteiger partial charge in [-0.15, -0.1) is 5.10 Å². The smallest absolute Gasteiger partial charge is 0.331 e. The molecular weight excluding hydrogens is 344 g/mol. The molecular formula is C20H26N4O3. The molecule has 1 aromatic carbocycles. The van der Waals surface area contributed by atoms with Crippen molar-refractivity contribution in [2.75, 3.05) is 7.11 Å². The molecule has 27 heavy (non-hydrogen) atoms. The molecule has 1 amide bonds. The van der Waals surface area contributed by atoms with Crippen LogP contribution < -0.4 is 5.32 Å². The van der Waals surface area contributed by atoms with Crippen molar-refractivity contribution in [3.8, 4) is 5.69 Å². The van der Waals surface area contributed by atoms with Crippen LogP contribution in [-0.2, 0) is 9.53 Å². The van der Waals surface area contributed by atoms with Crippen LogP contribution in [0.5, 0.6) is 0 Å². The van der Waals surface area contributed by atoms with E-state index >= 15 is 0 Å². The van der Waals surface area contributed by atoms with Gasteiger partial charge in [0.2, 0.25) is 0 Å². The van der Waals surface area contributed by atoms with E-state index in [0.29, 0.717) is 24.5 Å². The second-order valence-corrected chi connectivity index (χ2v) is 7.48. The lowest BCUT2D eigenvalue weighted by molar-refractivity contribution is -0.150. The summed E-state index contributed by atoms with van der Waals surface area (Å²) in [5.74, 6) is -0.263. The summed E-state index contributed by atoms with van der Waals surface area (Å²) in [4.78, 5) is 25.3. The maximum Gasteiger partial charge on any atom is 0.331 e. The molecule has 0 unspecified atom stereocenters. The van der Waals surface area contributed by atoms with E-state index in [4.69, 9.17) is 4.74 Å². The Labute approximate surface area is 159 Å². The van der Waals surface area contributed by atoms with E-state index < -0.39 is 17.4 Å². The predicted octanol–water partition coefficient (Wildman–Crippen LogP) is 2.74. The van der Waals surface area contributed by atoms with Gasteiger partial charge in [0.05, 0.1) is 18.5 Å². The molecule has 1 aliphatic rings. The first-order valence-corrected chi connectivity index (χ1v) is 9.26. The molecule has 3 rings (SSSR count). The lowest BCUT2D eigenvalue weighted by Gasteiger charge is -2.37. The summed E-state index contributed by atoms with van der Waals surface area (Å²) in [6, 6.07) is 7.81. The monoisotopic (exact) mass is 370 g/mol. The summed E-state index contributed by atoms with van der Waals surface area (Å²) in [5.41, 5.74) is 1.83. The average Bonchev–Trinajstić information content (AvgIpc) is 3.05. The fraction of sp³-hybridized carbons (Fsp3) is 0.500. The summed E-state index contributed by atoms with van der Waals surface area (Å²) in [7, 11) is 1.35. The second kappa shape index (κ2) is 7.50. The zero-order chi connectivity index (χ0) is 19.6. The van der Waals surface area contributed by atoms with Gasteiger partial charge in [0.1, 0.15) is 5.54 Å². The minimum absolute atomic E-state index is 0.220. The minimum atomic E-state index is -0.988. The number of hydrogen-bond donors (Lipinski definition) is 1. The Morgan fingerprint density at radius 3 is 2.41 bits per heavy atom. The molecule has 1 heterocycles. The zero-order valence-electron chi connectivity index (χ0n) is 16.3. The molecule has 7 heteroatoms. The molecule has 0 aliphatic heterocycles. The quantitative estimate of drug-likeness (QED) is 0.837. The van der Waals surface area contributed by atoms with Crippen molar-refractivity contribution in [2.24, 2.45) is 5.92 Å². The highest BCUT2D eigenvalue weighted by Gasteiger charge is 2.44. The molecule has 1 aromatic heterocycles. The summed E-state index contributed by atoms with van der Waals surface area (Å²) >= 11 is 0. The molecule has 7 nitrogen and oxygen atoms in total. The van der Waals surface area contributed by atoms with Gasteiger partial charge in [0, 0.05) is 0 Å². The van der Waals surface area contributed by atoms with Gasteiger partial charge in [0.25, 0.3) is 5.91 Å². The van der Waals surface area contributed by atoms with E-state index in [1.54, 1.807) is 11.6 Å². The van der Waals surface area contributed by atoms with E-state index in [-0.39, 0.29) is 5.69 Å². The number of benzene rings is 1. The number of aromatic nitrogens is 3. The molecule has 144 valence electrons. The Hall–Kier alpha value is -2.70. The standard InChI is InChI=1S/C20H26N4O3/c1-13-5-7-16(8-6-13)24-15(3)17(22-23-24)18(25)21-20(19(26)27-4)11-9-14(2)10-12-20/h5-8,14H,9-12H2,1-4H3,(H,21,25). The lowest BCUT2D eigenvalue weighted by atomic mass is 9.77. The van der Waals surface area contributed by atoms with Gasteiger partial charge in [0.15, 0.2) is 5.69 Å². The molecule has 1 aliphatic carbocycles. The van der Waals surface area contributed by atoms with Crippen LogP contribution in [0.25, 0.3) is 5.69 Å². The molecule has 1 saturated carbocycles. The van der Waals surface area contributed by atoms with Gasteiger partial charge >= 0.3 is 5.97 Å². The number of nitrogens with zero attached hydrogens (tertiary/aromatic N) is 3. The molecule has 0 bridgehead atoms. The van der Waals surface area contributed by atoms with Crippen molar-refractivity contribution in [2.45, 2.75) is 52.0 Å². The molecule has 1 N–H and O–H groups in total. The van der Waals surface area contributed by atoms with E-state index in [9.17, 15) is 9.59 Å². The maximum absolute atomic E-state index is 12.9. The Morgan fingerprint density at radius 1 is 1.19 bits per heavy atom. The number of hydrogen-bond acceptors (Lipinski definition) is 5. The van der Waals surface area contributed by atoms with Gasteiger partial charge in [-0.05, 0) is 57.6 Å². The van der Waals surface area contributed by atoms with Crippen molar-refractivity contribution in [3.63, 3.8) is 0 Å². The van der Waals surface area contributed by atoms with E-state index in [0.717, 1.165) is 24.1 Å². The highest BCUT2D eigenvalue weighted by Crippen LogP contribution is 2.33. The lowest BCUT2D eigenvalue weighted by Crippen LogP contribution is -2.57. The third kappa shape index (κ3) is 3.72. The number of rotatable bonds is 4. The Balaban J connectivity index is 1.85.